The lowest BCUT2D eigenvalue weighted by Gasteiger charge is -2.15. The zero-order valence-electron chi connectivity index (χ0n) is 14.9. The van der Waals surface area contributed by atoms with Crippen LogP contribution in [0.3, 0.4) is 0 Å². The number of fused-ring (bicyclic) bond motifs is 1. The first-order chi connectivity index (χ1) is 13.1. The number of hydrogen-bond acceptors (Lipinski definition) is 5. The van der Waals surface area contributed by atoms with Gasteiger partial charge in [0.15, 0.2) is 0 Å². The third-order valence-corrected chi connectivity index (χ3v) is 4.43. The Hall–Kier alpha value is -3.41. The van der Waals surface area contributed by atoms with Gasteiger partial charge in [0.2, 0.25) is 5.71 Å². The molecular weight excluding hydrogens is 345 g/mol. The van der Waals surface area contributed by atoms with E-state index in [1.165, 1.54) is 18.5 Å². The highest BCUT2D eigenvalue weighted by Crippen LogP contribution is 2.32. The van der Waals surface area contributed by atoms with E-state index in [0.717, 1.165) is 22.3 Å². The van der Waals surface area contributed by atoms with Crippen LogP contribution in [0.15, 0.2) is 65.3 Å². The molecule has 1 N–H and O–H groups in total. The van der Waals surface area contributed by atoms with Crippen LogP contribution in [0.5, 0.6) is 5.75 Å². The molecule has 4 aromatic rings. The number of nitrogens with zero attached hydrogens (tertiary/aromatic N) is 2. The summed E-state index contributed by atoms with van der Waals surface area (Å²) in [5, 5.41) is 4.14. The van der Waals surface area contributed by atoms with Gasteiger partial charge in [0.1, 0.15) is 29.5 Å². The van der Waals surface area contributed by atoms with Crippen LogP contribution in [0.1, 0.15) is 18.5 Å². The first kappa shape index (κ1) is 17.0. The number of anilines is 1. The number of benzene rings is 2. The lowest BCUT2D eigenvalue weighted by atomic mass is 10.1. The predicted molar refractivity (Wildman–Crippen MR) is 102 cm³/mol. The van der Waals surface area contributed by atoms with Crippen molar-refractivity contribution in [1.29, 1.82) is 0 Å². The van der Waals surface area contributed by atoms with Crippen molar-refractivity contribution in [3.63, 3.8) is 0 Å². The van der Waals surface area contributed by atoms with Crippen LogP contribution in [-0.4, -0.2) is 17.1 Å². The minimum absolute atomic E-state index is 0.0527. The average Bonchev–Trinajstić information content (AvgIpc) is 3.14. The molecular formula is C21H18FN3O2. The molecule has 4 rings (SSSR count). The molecule has 6 heteroatoms. The molecule has 136 valence electrons. The highest BCUT2D eigenvalue weighted by molar-refractivity contribution is 5.89. The van der Waals surface area contributed by atoms with Crippen LogP contribution in [0.25, 0.3) is 22.4 Å². The van der Waals surface area contributed by atoms with E-state index in [9.17, 15) is 4.39 Å². The molecule has 5 nitrogen and oxygen atoms in total. The zero-order valence-corrected chi connectivity index (χ0v) is 14.9. The largest absolute Gasteiger partial charge is 0.497 e. The molecule has 0 aliphatic rings. The van der Waals surface area contributed by atoms with Crippen LogP contribution in [0.2, 0.25) is 0 Å². The van der Waals surface area contributed by atoms with E-state index in [4.69, 9.17) is 9.15 Å². The predicted octanol–water partition coefficient (Wildman–Crippen LogP) is 5.21. The summed E-state index contributed by atoms with van der Waals surface area (Å²) >= 11 is 0. The van der Waals surface area contributed by atoms with Crippen LogP contribution < -0.4 is 10.1 Å². The van der Waals surface area contributed by atoms with Gasteiger partial charge in [-0.1, -0.05) is 12.1 Å². The van der Waals surface area contributed by atoms with Gasteiger partial charge >= 0.3 is 0 Å². The maximum absolute atomic E-state index is 13.1. The molecule has 27 heavy (non-hydrogen) atoms. The molecule has 0 aliphatic heterocycles. The van der Waals surface area contributed by atoms with Gasteiger partial charge in [-0.05, 0) is 55.0 Å². The fraction of sp³-hybridized carbons (Fsp3) is 0.143. The van der Waals surface area contributed by atoms with Gasteiger partial charge in [0.25, 0.3) is 0 Å². The Kier molecular flexibility index (Phi) is 4.46. The molecule has 0 saturated carbocycles. The van der Waals surface area contributed by atoms with Crippen LogP contribution in [-0.2, 0) is 0 Å². The molecule has 0 spiro atoms. The Bertz CT molecular complexity index is 1060. The molecule has 0 bridgehead atoms. The maximum Gasteiger partial charge on any atom is 0.231 e. The fourth-order valence-electron chi connectivity index (χ4n) is 2.91. The summed E-state index contributed by atoms with van der Waals surface area (Å²) in [4.78, 5) is 8.57. The van der Waals surface area contributed by atoms with Crippen LogP contribution in [0, 0.1) is 5.82 Å². The first-order valence-electron chi connectivity index (χ1n) is 8.55. The van der Waals surface area contributed by atoms with Crippen molar-refractivity contribution < 1.29 is 13.5 Å². The SMILES string of the molecule is COc1ccc(-c2cc3c(N[C@H](C)c4ccc(F)cc4)ncnc3o2)cc1. The van der Waals surface area contributed by atoms with E-state index in [2.05, 4.69) is 15.3 Å². The smallest absolute Gasteiger partial charge is 0.231 e. The third kappa shape index (κ3) is 3.46. The number of ether oxygens (including phenoxy) is 1. The van der Waals surface area contributed by atoms with Gasteiger partial charge < -0.3 is 14.5 Å². The second-order valence-corrected chi connectivity index (χ2v) is 6.20. The number of rotatable bonds is 5. The summed E-state index contributed by atoms with van der Waals surface area (Å²) < 4.78 is 24.2. The zero-order chi connectivity index (χ0) is 18.8. The van der Waals surface area contributed by atoms with Crippen molar-refractivity contribution in [1.82, 2.24) is 9.97 Å². The van der Waals surface area contributed by atoms with E-state index >= 15 is 0 Å². The molecule has 0 amide bonds. The summed E-state index contributed by atoms with van der Waals surface area (Å²) in [6, 6.07) is 15.9. The lowest BCUT2D eigenvalue weighted by Crippen LogP contribution is -2.08. The standard InChI is InChI=1S/C21H18FN3O2/c1-13(14-3-7-16(22)8-4-14)25-20-18-11-19(27-21(18)24-12-23-20)15-5-9-17(26-2)10-6-15/h3-13H,1-2H3,(H,23,24,25)/t13-/m1/s1. The quantitative estimate of drug-likeness (QED) is 0.527. The third-order valence-electron chi connectivity index (χ3n) is 4.43. The van der Waals surface area contributed by atoms with Crippen LogP contribution >= 0.6 is 0 Å². The Morgan fingerprint density at radius 3 is 2.48 bits per heavy atom. The lowest BCUT2D eigenvalue weighted by molar-refractivity contribution is 0.415. The molecule has 0 fully saturated rings. The van der Waals surface area contributed by atoms with E-state index in [0.29, 0.717) is 17.3 Å². The Labute approximate surface area is 155 Å². The number of halogens is 1. The number of nitrogens with one attached hydrogen (secondary N) is 1. The van der Waals surface area contributed by atoms with Crippen LogP contribution in [0.4, 0.5) is 10.2 Å². The average molecular weight is 363 g/mol. The number of furan rings is 1. The van der Waals surface area contributed by atoms with E-state index in [-0.39, 0.29) is 11.9 Å². The topological polar surface area (TPSA) is 60.2 Å². The second-order valence-electron chi connectivity index (χ2n) is 6.20. The number of methoxy groups -OCH3 is 1. The molecule has 0 unspecified atom stereocenters. The summed E-state index contributed by atoms with van der Waals surface area (Å²) in [6.45, 7) is 1.99. The highest BCUT2D eigenvalue weighted by Gasteiger charge is 2.14. The van der Waals surface area contributed by atoms with Gasteiger partial charge in [0.05, 0.1) is 12.5 Å². The molecule has 0 saturated heterocycles. The molecule has 2 aromatic heterocycles. The normalized spacial score (nSPS) is 12.1. The Balaban J connectivity index is 1.65. The molecule has 0 radical (unpaired) electrons. The van der Waals surface area contributed by atoms with Crippen molar-refractivity contribution >= 4 is 16.9 Å². The molecule has 2 heterocycles. The summed E-state index contributed by atoms with van der Waals surface area (Å²) in [5.74, 6) is 1.89. The van der Waals surface area contributed by atoms with Gasteiger partial charge in [-0.2, -0.15) is 0 Å². The first-order valence-corrected chi connectivity index (χ1v) is 8.55. The van der Waals surface area contributed by atoms with Crippen molar-refractivity contribution in [2.24, 2.45) is 0 Å². The van der Waals surface area contributed by atoms with E-state index < -0.39 is 0 Å². The summed E-state index contributed by atoms with van der Waals surface area (Å²) in [5.41, 5.74) is 2.39. The van der Waals surface area contributed by atoms with Crippen molar-refractivity contribution in [2.75, 3.05) is 12.4 Å². The summed E-state index contributed by atoms with van der Waals surface area (Å²) in [7, 11) is 1.63. The fourth-order valence-corrected chi connectivity index (χ4v) is 2.91. The molecule has 0 aliphatic carbocycles. The second kappa shape index (κ2) is 7.07. The number of hydrogen-bond donors (Lipinski definition) is 1. The summed E-state index contributed by atoms with van der Waals surface area (Å²) in [6.07, 6.45) is 1.46. The van der Waals surface area contributed by atoms with E-state index in [1.54, 1.807) is 19.2 Å². The number of aromatic nitrogens is 2. The van der Waals surface area contributed by atoms with Crippen molar-refractivity contribution in [3.8, 4) is 17.1 Å². The van der Waals surface area contributed by atoms with Gasteiger partial charge in [-0.3, -0.25) is 0 Å². The van der Waals surface area contributed by atoms with Crippen molar-refractivity contribution in [2.45, 2.75) is 13.0 Å². The van der Waals surface area contributed by atoms with Gasteiger partial charge in [0, 0.05) is 11.6 Å². The van der Waals surface area contributed by atoms with Gasteiger partial charge in [-0.25, -0.2) is 14.4 Å². The molecule has 2 aromatic carbocycles. The maximum atomic E-state index is 13.1. The Morgan fingerprint density at radius 1 is 1.04 bits per heavy atom. The Morgan fingerprint density at radius 2 is 1.78 bits per heavy atom. The van der Waals surface area contributed by atoms with Crippen molar-refractivity contribution in [3.05, 3.63) is 72.3 Å². The molecule has 1 atom stereocenters. The van der Waals surface area contributed by atoms with Gasteiger partial charge in [-0.15, -0.1) is 0 Å². The minimum Gasteiger partial charge on any atom is -0.497 e. The monoisotopic (exact) mass is 363 g/mol. The van der Waals surface area contributed by atoms with E-state index in [1.807, 2.05) is 37.3 Å². The minimum atomic E-state index is -0.255. The highest BCUT2D eigenvalue weighted by atomic mass is 19.1.